The third kappa shape index (κ3) is 3.37. The topological polar surface area (TPSA) is 55.1 Å². The van der Waals surface area contributed by atoms with Crippen molar-refractivity contribution in [3.05, 3.63) is 27.7 Å². The molecule has 0 spiro atoms. The van der Waals surface area contributed by atoms with Crippen LogP contribution >= 0.6 is 15.9 Å². The molecule has 3 nitrogen and oxygen atoms in total. The van der Waals surface area contributed by atoms with E-state index in [-0.39, 0.29) is 5.91 Å². The van der Waals surface area contributed by atoms with Crippen LogP contribution in [0.15, 0.2) is 16.6 Å². The van der Waals surface area contributed by atoms with Crippen LogP contribution in [0.25, 0.3) is 0 Å². The molecule has 4 heteroatoms. The van der Waals surface area contributed by atoms with Crippen molar-refractivity contribution in [2.75, 3.05) is 5.32 Å². The molecule has 19 heavy (non-hydrogen) atoms. The number of carbonyl (C=O) groups excluding carboxylic acids is 1. The summed E-state index contributed by atoms with van der Waals surface area (Å²) in [6, 6.07) is 4.03. The van der Waals surface area contributed by atoms with Crippen LogP contribution < -0.4 is 11.1 Å². The smallest absolute Gasteiger partial charge is 0.231 e. The Labute approximate surface area is 124 Å². The van der Waals surface area contributed by atoms with Gasteiger partial charge in [0.2, 0.25) is 5.91 Å². The van der Waals surface area contributed by atoms with Gasteiger partial charge in [0.15, 0.2) is 0 Å². The van der Waals surface area contributed by atoms with E-state index in [1.165, 1.54) is 0 Å². The van der Waals surface area contributed by atoms with Crippen molar-refractivity contribution in [3.8, 4) is 0 Å². The highest BCUT2D eigenvalue weighted by atomic mass is 79.9. The Balaban J connectivity index is 3.08. The second kappa shape index (κ2) is 5.25. The molecule has 3 N–H and O–H groups in total. The van der Waals surface area contributed by atoms with Gasteiger partial charge in [-0.2, -0.15) is 0 Å². The van der Waals surface area contributed by atoms with E-state index in [1.54, 1.807) is 0 Å². The standard InChI is InChI=1S/C15H23BrN2O/c1-9-7-10(2)12(11(16)8-9)18-13(19)14(3,4)15(5,6)17/h7-8H,17H2,1-6H3,(H,18,19). The Morgan fingerprint density at radius 1 is 1.21 bits per heavy atom. The van der Waals surface area contributed by atoms with Crippen LogP contribution in [-0.4, -0.2) is 11.4 Å². The van der Waals surface area contributed by atoms with Crippen LogP contribution in [0.5, 0.6) is 0 Å². The van der Waals surface area contributed by atoms with Gasteiger partial charge in [-0.1, -0.05) is 6.07 Å². The number of hydrogen-bond acceptors (Lipinski definition) is 2. The molecule has 0 unspecified atom stereocenters. The van der Waals surface area contributed by atoms with Crippen LogP contribution in [0.1, 0.15) is 38.8 Å². The number of nitrogens with one attached hydrogen (secondary N) is 1. The van der Waals surface area contributed by atoms with E-state index in [4.69, 9.17) is 5.73 Å². The summed E-state index contributed by atoms with van der Waals surface area (Å²) in [5.41, 5.74) is 7.84. The van der Waals surface area contributed by atoms with Crippen molar-refractivity contribution in [2.45, 2.75) is 47.1 Å². The van der Waals surface area contributed by atoms with E-state index in [0.717, 1.165) is 21.3 Å². The van der Waals surface area contributed by atoms with Gasteiger partial charge in [-0.3, -0.25) is 4.79 Å². The Hall–Kier alpha value is -0.870. The average molecular weight is 327 g/mol. The Kier molecular flexibility index (Phi) is 4.47. The minimum absolute atomic E-state index is 0.0762. The summed E-state index contributed by atoms with van der Waals surface area (Å²) < 4.78 is 0.893. The van der Waals surface area contributed by atoms with Crippen molar-refractivity contribution in [1.29, 1.82) is 0 Å². The van der Waals surface area contributed by atoms with Gasteiger partial charge in [0.05, 0.1) is 11.1 Å². The van der Waals surface area contributed by atoms with Crippen molar-refractivity contribution in [3.63, 3.8) is 0 Å². The molecular weight excluding hydrogens is 304 g/mol. The van der Waals surface area contributed by atoms with Crippen molar-refractivity contribution in [2.24, 2.45) is 11.1 Å². The lowest BCUT2D eigenvalue weighted by Gasteiger charge is -2.37. The van der Waals surface area contributed by atoms with Crippen molar-refractivity contribution >= 4 is 27.5 Å². The van der Waals surface area contributed by atoms with Gasteiger partial charge in [0, 0.05) is 10.0 Å². The monoisotopic (exact) mass is 326 g/mol. The molecule has 0 radical (unpaired) electrons. The Bertz CT molecular complexity index is 478. The summed E-state index contributed by atoms with van der Waals surface area (Å²) in [5.74, 6) is -0.0762. The molecule has 1 aromatic rings. The number of carbonyl (C=O) groups is 1. The fourth-order valence-electron chi connectivity index (χ4n) is 1.64. The molecule has 0 fully saturated rings. The van der Waals surface area contributed by atoms with E-state index < -0.39 is 11.0 Å². The number of rotatable bonds is 3. The zero-order valence-corrected chi connectivity index (χ0v) is 14.1. The third-order valence-corrected chi connectivity index (χ3v) is 4.47. The molecule has 0 bridgehead atoms. The molecule has 106 valence electrons. The second-order valence-corrected chi connectivity index (χ2v) is 7.09. The van der Waals surface area contributed by atoms with Gasteiger partial charge >= 0.3 is 0 Å². The molecule has 0 heterocycles. The van der Waals surface area contributed by atoms with E-state index in [0.29, 0.717) is 0 Å². The maximum atomic E-state index is 12.5. The highest BCUT2D eigenvalue weighted by Gasteiger charge is 2.40. The fourth-order valence-corrected chi connectivity index (χ4v) is 2.41. The van der Waals surface area contributed by atoms with Crippen molar-refractivity contribution < 1.29 is 4.79 Å². The number of halogens is 1. The SMILES string of the molecule is Cc1cc(C)c(NC(=O)C(C)(C)C(C)(C)N)c(Br)c1. The molecule has 0 aliphatic carbocycles. The van der Waals surface area contributed by atoms with Crippen LogP contribution in [0.4, 0.5) is 5.69 Å². The first-order chi connectivity index (χ1) is 8.46. The van der Waals surface area contributed by atoms with Gasteiger partial charge in [-0.05, 0) is 74.7 Å². The van der Waals surface area contributed by atoms with E-state index >= 15 is 0 Å². The number of anilines is 1. The van der Waals surface area contributed by atoms with Crippen LogP contribution in [0.2, 0.25) is 0 Å². The largest absolute Gasteiger partial charge is 0.325 e. The molecule has 0 saturated carbocycles. The minimum Gasteiger partial charge on any atom is -0.325 e. The minimum atomic E-state index is -0.663. The molecule has 0 saturated heterocycles. The highest BCUT2D eigenvalue weighted by Crippen LogP contribution is 2.33. The molecule has 0 aliphatic rings. The van der Waals surface area contributed by atoms with Gasteiger partial charge < -0.3 is 11.1 Å². The quantitative estimate of drug-likeness (QED) is 0.888. The fraction of sp³-hybridized carbons (Fsp3) is 0.533. The van der Waals surface area contributed by atoms with Gasteiger partial charge in [0.25, 0.3) is 0 Å². The second-order valence-electron chi connectivity index (χ2n) is 6.24. The molecule has 0 atom stereocenters. The maximum Gasteiger partial charge on any atom is 0.231 e. The lowest BCUT2D eigenvalue weighted by atomic mass is 9.74. The van der Waals surface area contributed by atoms with Crippen molar-refractivity contribution in [1.82, 2.24) is 0 Å². The lowest BCUT2D eigenvalue weighted by Crippen LogP contribution is -2.53. The van der Waals surface area contributed by atoms with Crippen LogP contribution in [0.3, 0.4) is 0 Å². The molecule has 1 amide bonds. The highest BCUT2D eigenvalue weighted by molar-refractivity contribution is 9.10. The van der Waals surface area contributed by atoms with Gasteiger partial charge in [-0.25, -0.2) is 0 Å². The van der Waals surface area contributed by atoms with E-state index in [1.807, 2.05) is 53.7 Å². The van der Waals surface area contributed by atoms with Gasteiger partial charge in [-0.15, -0.1) is 0 Å². The zero-order chi connectivity index (χ0) is 15.0. The molecule has 0 aromatic heterocycles. The number of benzene rings is 1. The lowest BCUT2D eigenvalue weighted by molar-refractivity contribution is -0.126. The molecule has 1 rings (SSSR count). The summed E-state index contributed by atoms with van der Waals surface area (Å²) in [6.07, 6.45) is 0. The third-order valence-electron chi connectivity index (χ3n) is 3.85. The summed E-state index contributed by atoms with van der Waals surface area (Å²) in [5, 5.41) is 2.99. The number of hydrogen-bond donors (Lipinski definition) is 2. The number of aryl methyl sites for hydroxylation is 2. The first-order valence-electron chi connectivity index (χ1n) is 6.34. The summed E-state index contributed by atoms with van der Waals surface area (Å²) in [4.78, 5) is 12.5. The summed E-state index contributed by atoms with van der Waals surface area (Å²) in [7, 11) is 0. The summed E-state index contributed by atoms with van der Waals surface area (Å²) in [6.45, 7) is 11.5. The van der Waals surface area contributed by atoms with Crippen LogP contribution in [-0.2, 0) is 4.79 Å². The number of nitrogens with two attached hydrogens (primary N) is 1. The first-order valence-corrected chi connectivity index (χ1v) is 7.13. The Morgan fingerprint density at radius 2 is 1.74 bits per heavy atom. The summed E-state index contributed by atoms with van der Waals surface area (Å²) >= 11 is 3.50. The van der Waals surface area contributed by atoms with E-state index in [9.17, 15) is 4.79 Å². The Morgan fingerprint density at radius 3 is 2.16 bits per heavy atom. The molecular formula is C15H23BrN2O. The van der Waals surface area contributed by atoms with E-state index in [2.05, 4.69) is 21.2 Å². The predicted molar refractivity (Wildman–Crippen MR) is 84.3 cm³/mol. The zero-order valence-electron chi connectivity index (χ0n) is 12.5. The molecule has 1 aromatic carbocycles. The van der Waals surface area contributed by atoms with Gasteiger partial charge in [0.1, 0.15) is 0 Å². The maximum absolute atomic E-state index is 12.5. The predicted octanol–water partition coefficient (Wildman–Crippen LogP) is 3.77. The number of amides is 1. The average Bonchev–Trinajstić information content (AvgIpc) is 2.21. The first kappa shape index (κ1) is 16.2. The van der Waals surface area contributed by atoms with Crippen LogP contribution in [0, 0.1) is 19.3 Å². The molecule has 0 aliphatic heterocycles. The normalized spacial score (nSPS) is 12.4.